The van der Waals surface area contributed by atoms with Gasteiger partial charge in [-0.1, -0.05) is 48.5 Å². The first-order valence-electron chi connectivity index (χ1n) is 9.79. The van der Waals surface area contributed by atoms with Gasteiger partial charge in [0.25, 0.3) is 0 Å². The second-order valence-electron chi connectivity index (χ2n) is 7.52. The van der Waals surface area contributed by atoms with Gasteiger partial charge in [0.05, 0.1) is 11.0 Å². The van der Waals surface area contributed by atoms with E-state index in [4.69, 9.17) is 0 Å². The third-order valence-corrected chi connectivity index (χ3v) is 5.73. The first-order chi connectivity index (χ1) is 14.7. The number of rotatable bonds is 1. The van der Waals surface area contributed by atoms with E-state index in [2.05, 4.69) is 9.97 Å². The number of aromatic nitrogens is 2. The molecule has 4 heteroatoms. The Labute approximate surface area is 170 Å². The standard InChI is InChI=1S/C26H16N2O2/c29-25-17-8-4-5-9-21(17)27-23-14-20-24(13-19(23)25)28-22-11-10-16(12-18(22)26(20)30)15-6-2-1-3-7-15/h1-14H,(H,27,29)(H,28,30). The zero-order valence-corrected chi connectivity index (χ0v) is 15.9. The fourth-order valence-corrected chi connectivity index (χ4v) is 4.20. The molecule has 0 saturated heterocycles. The Hall–Kier alpha value is -4.18. The van der Waals surface area contributed by atoms with Crippen molar-refractivity contribution in [1.82, 2.24) is 9.97 Å². The molecule has 4 aromatic carbocycles. The molecule has 6 aromatic rings. The fourth-order valence-electron chi connectivity index (χ4n) is 4.20. The molecule has 0 aliphatic heterocycles. The van der Waals surface area contributed by atoms with Crippen molar-refractivity contribution >= 4 is 43.6 Å². The van der Waals surface area contributed by atoms with E-state index in [0.717, 1.165) is 22.2 Å². The minimum atomic E-state index is -0.0487. The molecule has 4 nitrogen and oxygen atoms in total. The average molecular weight is 388 g/mol. The number of pyridine rings is 2. The number of hydrogen-bond acceptors (Lipinski definition) is 2. The Morgan fingerprint density at radius 2 is 1.00 bits per heavy atom. The molecule has 30 heavy (non-hydrogen) atoms. The average Bonchev–Trinajstić information content (AvgIpc) is 2.79. The molecule has 2 N–H and O–H groups in total. The lowest BCUT2D eigenvalue weighted by Gasteiger charge is -2.08. The summed E-state index contributed by atoms with van der Waals surface area (Å²) in [7, 11) is 0. The highest BCUT2D eigenvalue weighted by Gasteiger charge is 2.11. The molecule has 0 radical (unpaired) electrons. The summed E-state index contributed by atoms with van der Waals surface area (Å²) in [5, 5.41) is 2.40. The second-order valence-corrected chi connectivity index (χ2v) is 7.52. The van der Waals surface area contributed by atoms with Crippen LogP contribution in [0.3, 0.4) is 0 Å². The highest BCUT2D eigenvalue weighted by Crippen LogP contribution is 2.25. The molecule has 2 aromatic heterocycles. The van der Waals surface area contributed by atoms with E-state index in [-0.39, 0.29) is 10.9 Å². The summed E-state index contributed by atoms with van der Waals surface area (Å²) in [5.74, 6) is 0. The van der Waals surface area contributed by atoms with Crippen LogP contribution in [0.25, 0.3) is 54.7 Å². The first-order valence-corrected chi connectivity index (χ1v) is 9.79. The Bertz CT molecular complexity index is 1730. The molecule has 0 unspecified atom stereocenters. The van der Waals surface area contributed by atoms with Crippen LogP contribution >= 0.6 is 0 Å². The normalized spacial score (nSPS) is 11.6. The van der Waals surface area contributed by atoms with Crippen LogP contribution in [0.4, 0.5) is 0 Å². The third-order valence-electron chi connectivity index (χ3n) is 5.73. The number of para-hydroxylation sites is 1. The Morgan fingerprint density at radius 3 is 1.73 bits per heavy atom. The van der Waals surface area contributed by atoms with Crippen molar-refractivity contribution in [2.24, 2.45) is 0 Å². The molecule has 0 amide bonds. The molecular formula is C26H16N2O2. The van der Waals surface area contributed by atoms with Gasteiger partial charge in [-0.25, -0.2) is 0 Å². The predicted molar refractivity (Wildman–Crippen MR) is 123 cm³/mol. The van der Waals surface area contributed by atoms with Gasteiger partial charge in [0.2, 0.25) is 0 Å². The van der Waals surface area contributed by atoms with Gasteiger partial charge in [-0.3, -0.25) is 9.59 Å². The fraction of sp³-hybridized carbons (Fsp3) is 0. The molecule has 0 fully saturated rings. The lowest BCUT2D eigenvalue weighted by molar-refractivity contribution is 1.46. The maximum absolute atomic E-state index is 13.4. The highest BCUT2D eigenvalue weighted by molar-refractivity contribution is 6.03. The van der Waals surface area contributed by atoms with Gasteiger partial charge >= 0.3 is 0 Å². The smallest absolute Gasteiger partial charge is 0.197 e. The summed E-state index contributed by atoms with van der Waals surface area (Å²) in [5.41, 5.74) is 4.81. The quantitative estimate of drug-likeness (QED) is 0.373. The zero-order chi connectivity index (χ0) is 20.2. The van der Waals surface area contributed by atoms with Gasteiger partial charge in [0, 0.05) is 32.6 Å². The first kappa shape index (κ1) is 16.7. The second kappa shape index (κ2) is 6.16. The van der Waals surface area contributed by atoms with Crippen molar-refractivity contribution in [1.29, 1.82) is 0 Å². The van der Waals surface area contributed by atoms with Gasteiger partial charge in [0.1, 0.15) is 0 Å². The molecule has 0 aliphatic carbocycles. The monoisotopic (exact) mass is 388 g/mol. The molecule has 0 spiro atoms. The van der Waals surface area contributed by atoms with Gasteiger partial charge in [-0.05, 0) is 47.5 Å². The minimum Gasteiger partial charge on any atom is -0.354 e. The SMILES string of the molecule is O=c1c2ccccc2[nH]c2cc3c(=O)c4cc(-c5ccccc5)ccc4[nH]c3cc12. The number of fused-ring (bicyclic) bond motifs is 4. The van der Waals surface area contributed by atoms with Gasteiger partial charge in [-0.15, -0.1) is 0 Å². The summed E-state index contributed by atoms with van der Waals surface area (Å²) in [4.78, 5) is 33.0. The van der Waals surface area contributed by atoms with Crippen molar-refractivity contribution in [2.45, 2.75) is 0 Å². The maximum Gasteiger partial charge on any atom is 0.197 e. The molecule has 6 rings (SSSR count). The van der Waals surface area contributed by atoms with Crippen molar-refractivity contribution in [2.75, 3.05) is 0 Å². The van der Waals surface area contributed by atoms with Crippen LogP contribution in [0.5, 0.6) is 0 Å². The van der Waals surface area contributed by atoms with Crippen LogP contribution in [-0.4, -0.2) is 9.97 Å². The van der Waals surface area contributed by atoms with E-state index in [9.17, 15) is 9.59 Å². The lowest BCUT2D eigenvalue weighted by atomic mass is 10.0. The van der Waals surface area contributed by atoms with E-state index < -0.39 is 0 Å². The molecule has 2 heterocycles. The number of hydrogen-bond donors (Lipinski definition) is 2. The van der Waals surface area contributed by atoms with E-state index in [1.807, 2.05) is 72.8 Å². The van der Waals surface area contributed by atoms with Crippen molar-refractivity contribution in [3.63, 3.8) is 0 Å². The van der Waals surface area contributed by atoms with Gasteiger partial charge in [0.15, 0.2) is 10.9 Å². The van der Waals surface area contributed by atoms with Crippen LogP contribution in [0.15, 0.2) is 94.5 Å². The van der Waals surface area contributed by atoms with E-state index in [1.54, 1.807) is 12.1 Å². The van der Waals surface area contributed by atoms with Crippen molar-refractivity contribution in [3.8, 4) is 11.1 Å². The number of aromatic amines is 2. The van der Waals surface area contributed by atoms with Crippen LogP contribution in [-0.2, 0) is 0 Å². The van der Waals surface area contributed by atoms with Gasteiger partial charge < -0.3 is 9.97 Å². The molecular weight excluding hydrogens is 372 g/mol. The van der Waals surface area contributed by atoms with Crippen LogP contribution in [0.1, 0.15) is 0 Å². The number of H-pyrrole nitrogens is 2. The molecule has 0 aliphatic rings. The van der Waals surface area contributed by atoms with E-state index in [1.165, 1.54) is 0 Å². The molecule has 0 atom stereocenters. The molecule has 0 saturated carbocycles. The third kappa shape index (κ3) is 2.40. The molecule has 0 bridgehead atoms. The number of nitrogens with one attached hydrogen (secondary N) is 2. The minimum absolute atomic E-state index is 0.0402. The summed E-state index contributed by atoms with van der Waals surface area (Å²) >= 11 is 0. The zero-order valence-electron chi connectivity index (χ0n) is 15.9. The summed E-state index contributed by atoms with van der Waals surface area (Å²) < 4.78 is 0. The summed E-state index contributed by atoms with van der Waals surface area (Å²) in [6.45, 7) is 0. The van der Waals surface area contributed by atoms with Crippen LogP contribution in [0, 0.1) is 0 Å². The largest absolute Gasteiger partial charge is 0.354 e. The molecule has 142 valence electrons. The lowest BCUT2D eigenvalue weighted by Crippen LogP contribution is -2.08. The Balaban J connectivity index is 1.69. The predicted octanol–water partition coefficient (Wildman–Crippen LogP) is 5.34. The Morgan fingerprint density at radius 1 is 0.433 bits per heavy atom. The van der Waals surface area contributed by atoms with E-state index >= 15 is 0 Å². The highest BCUT2D eigenvalue weighted by atomic mass is 16.1. The van der Waals surface area contributed by atoms with Crippen molar-refractivity contribution in [3.05, 3.63) is 105 Å². The summed E-state index contributed by atoms with van der Waals surface area (Å²) in [6, 6.07) is 26.8. The summed E-state index contributed by atoms with van der Waals surface area (Å²) in [6.07, 6.45) is 0. The van der Waals surface area contributed by atoms with Gasteiger partial charge in [-0.2, -0.15) is 0 Å². The van der Waals surface area contributed by atoms with Crippen molar-refractivity contribution < 1.29 is 0 Å². The number of benzene rings is 4. The van der Waals surface area contributed by atoms with Crippen LogP contribution in [0.2, 0.25) is 0 Å². The topological polar surface area (TPSA) is 65.7 Å². The Kier molecular flexibility index (Phi) is 3.44. The van der Waals surface area contributed by atoms with Crippen LogP contribution < -0.4 is 10.9 Å². The maximum atomic E-state index is 13.4. The van der Waals surface area contributed by atoms with E-state index in [0.29, 0.717) is 32.6 Å².